The first kappa shape index (κ1) is 12.6. The highest BCUT2D eigenvalue weighted by atomic mass is 16.5. The summed E-state index contributed by atoms with van der Waals surface area (Å²) in [7, 11) is 0. The summed E-state index contributed by atoms with van der Waals surface area (Å²) in [6, 6.07) is 12.8. The van der Waals surface area contributed by atoms with Crippen LogP contribution in [-0.4, -0.2) is 4.98 Å². The van der Waals surface area contributed by atoms with Gasteiger partial charge in [-0.1, -0.05) is 12.1 Å². The Kier molecular flexibility index (Phi) is 3.45. The highest BCUT2D eigenvalue weighted by molar-refractivity contribution is 5.49. The zero-order chi connectivity index (χ0) is 13.8. The minimum atomic E-state index is 0.239. The van der Waals surface area contributed by atoms with E-state index in [4.69, 9.17) is 15.3 Å². The Labute approximate surface area is 111 Å². The molecule has 2 rings (SSSR count). The van der Waals surface area contributed by atoms with E-state index in [1.54, 1.807) is 24.3 Å². The number of nitrogens with zero attached hydrogens (tertiary/aromatic N) is 3. The van der Waals surface area contributed by atoms with Crippen LogP contribution in [0.15, 0.2) is 30.3 Å². The molecule has 1 aromatic heterocycles. The van der Waals surface area contributed by atoms with E-state index in [1.807, 2.05) is 26.0 Å². The van der Waals surface area contributed by atoms with Gasteiger partial charge in [0.2, 0.25) is 5.88 Å². The van der Waals surface area contributed by atoms with Crippen molar-refractivity contribution in [3.63, 3.8) is 0 Å². The van der Waals surface area contributed by atoms with Gasteiger partial charge < -0.3 is 4.74 Å². The Morgan fingerprint density at radius 2 is 1.84 bits per heavy atom. The number of ether oxygens (including phenoxy) is 1. The minimum absolute atomic E-state index is 0.239. The maximum absolute atomic E-state index is 9.16. The van der Waals surface area contributed by atoms with Crippen molar-refractivity contribution in [2.24, 2.45) is 0 Å². The molecule has 0 amide bonds. The fourth-order valence-corrected chi connectivity index (χ4v) is 1.76. The molecule has 0 aliphatic heterocycles. The SMILES string of the molecule is Cc1cc(C)c(C#N)c(Oc2ccccc2C#N)n1. The molecule has 19 heavy (non-hydrogen) atoms. The van der Waals surface area contributed by atoms with Gasteiger partial charge in [-0.25, -0.2) is 4.98 Å². The molecule has 0 aliphatic rings. The van der Waals surface area contributed by atoms with E-state index in [2.05, 4.69) is 11.1 Å². The third kappa shape index (κ3) is 2.53. The molecule has 4 heteroatoms. The van der Waals surface area contributed by atoms with Crippen LogP contribution in [0, 0.1) is 36.5 Å². The standard InChI is InChI=1S/C15H11N3O/c1-10-7-11(2)18-15(13(10)9-17)19-14-6-4-3-5-12(14)8-16/h3-7H,1-2H3. The van der Waals surface area contributed by atoms with Crippen molar-refractivity contribution in [3.05, 3.63) is 52.7 Å². The molecule has 0 N–H and O–H groups in total. The summed E-state index contributed by atoms with van der Waals surface area (Å²) in [4.78, 5) is 4.22. The van der Waals surface area contributed by atoms with E-state index < -0.39 is 0 Å². The topological polar surface area (TPSA) is 69.7 Å². The molecule has 2 aromatic rings. The molecule has 0 unspecified atom stereocenters. The summed E-state index contributed by atoms with van der Waals surface area (Å²) in [5.74, 6) is 0.640. The van der Waals surface area contributed by atoms with Crippen molar-refractivity contribution in [1.82, 2.24) is 4.98 Å². The number of rotatable bonds is 2. The van der Waals surface area contributed by atoms with E-state index in [-0.39, 0.29) is 5.88 Å². The van der Waals surface area contributed by atoms with Gasteiger partial charge in [0.15, 0.2) is 0 Å². The Morgan fingerprint density at radius 1 is 1.11 bits per heavy atom. The first-order valence-corrected chi connectivity index (χ1v) is 5.71. The van der Waals surface area contributed by atoms with Crippen LogP contribution in [0.4, 0.5) is 0 Å². The summed E-state index contributed by atoms with van der Waals surface area (Å²) in [6.45, 7) is 3.66. The predicted octanol–water partition coefficient (Wildman–Crippen LogP) is 3.23. The van der Waals surface area contributed by atoms with Crippen molar-refractivity contribution in [3.8, 4) is 23.8 Å². The number of aryl methyl sites for hydroxylation is 2. The summed E-state index contributed by atoms with van der Waals surface area (Å²) in [6.07, 6.45) is 0. The molecule has 1 heterocycles. The lowest BCUT2D eigenvalue weighted by atomic mass is 10.1. The molecular formula is C15H11N3O. The molecular weight excluding hydrogens is 238 g/mol. The second-order valence-corrected chi connectivity index (χ2v) is 4.08. The molecule has 0 atom stereocenters. The first-order chi connectivity index (χ1) is 9.15. The molecule has 1 aromatic carbocycles. The number of benzene rings is 1. The Morgan fingerprint density at radius 3 is 2.53 bits per heavy atom. The molecule has 0 fully saturated rings. The number of nitriles is 2. The van der Waals surface area contributed by atoms with Gasteiger partial charge in [0, 0.05) is 5.69 Å². The summed E-state index contributed by atoms with van der Waals surface area (Å²) in [5.41, 5.74) is 2.37. The monoisotopic (exact) mass is 249 g/mol. The van der Waals surface area contributed by atoms with Crippen LogP contribution < -0.4 is 4.74 Å². The minimum Gasteiger partial charge on any atom is -0.436 e. The van der Waals surface area contributed by atoms with Crippen LogP contribution in [0.5, 0.6) is 11.6 Å². The lowest BCUT2D eigenvalue weighted by Gasteiger charge is -2.10. The third-order valence-electron chi connectivity index (χ3n) is 2.64. The van der Waals surface area contributed by atoms with Gasteiger partial charge in [0.05, 0.1) is 5.56 Å². The second kappa shape index (κ2) is 5.20. The van der Waals surface area contributed by atoms with Crippen molar-refractivity contribution < 1.29 is 4.74 Å². The maximum atomic E-state index is 9.16. The smallest absolute Gasteiger partial charge is 0.237 e. The van der Waals surface area contributed by atoms with E-state index in [1.165, 1.54) is 0 Å². The fourth-order valence-electron chi connectivity index (χ4n) is 1.76. The lowest BCUT2D eigenvalue weighted by Crippen LogP contribution is -1.98. The van der Waals surface area contributed by atoms with Gasteiger partial charge in [-0.15, -0.1) is 0 Å². The molecule has 0 saturated carbocycles. The molecule has 4 nitrogen and oxygen atoms in total. The van der Waals surface area contributed by atoms with Gasteiger partial charge in [-0.3, -0.25) is 0 Å². The van der Waals surface area contributed by atoms with E-state index in [0.29, 0.717) is 16.9 Å². The quantitative estimate of drug-likeness (QED) is 0.819. The number of aromatic nitrogens is 1. The largest absolute Gasteiger partial charge is 0.436 e. The average Bonchev–Trinajstić information content (AvgIpc) is 2.39. The van der Waals surface area contributed by atoms with Crippen LogP contribution in [0.2, 0.25) is 0 Å². The Hall–Kier alpha value is -2.85. The van der Waals surface area contributed by atoms with E-state index >= 15 is 0 Å². The van der Waals surface area contributed by atoms with Crippen LogP contribution in [-0.2, 0) is 0 Å². The highest BCUT2D eigenvalue weighted by Gasteiger charge is 2.12. The molecule has 0 saturated heterocycles. The number of hydrogen-bond donors (Lipinski definition) is 0. The van der Waals surface area contributed by atoms with Crippen LogP contribution >= 0.6 is 0 Å². The first-order valence-electron chi connectivity index (χ1n) is 5.71. The number of hydrogen-bond acceptors (Lipinski definition) is 4. The summed E-state index contributed by atoms with van der Waals surface area (Å²) in [5, 5.41) is 18.2. The van der Waals surface area contributed by atoms with Crippen molar-refractivity contribution in [1.29, 1.82) is 10.5 Å². The fraction of sp³-hybridized carbons (Fsp3) is 0.133. The predicted molar refractivity (Wildman–Crippen MR) is 69.7 cm³/mol. The van der Waals surface area contributed by atoms with E-state index in [9.17, 15) is 0 Å². The lowest BCUT2D eigenvalue weighted by molar-refractivity contribution is 0.458. The Balaban J connectivity index is 2.50. The highest BCUT2D eigenvalue weighted by Crippen LogP contribution is 2.27. The van der Waals surface area contributed by atoms with Gasteiger partial charge >= 0.3 is 0 Å². The van der Waals surface area contributed by atoms with Crippen molar-refractivity contribution in [2.45, 2.75) is 13.8 Å². The molecule has 92 valence electrons. The van der Waals surface area contributed by atoms with Crippen molar-refractivity contribution in [2.75, 3.05) is 0 Å². The Bertz CT molecular complexity index is 708. The molecule has 0 radical (unpaired) electrons. The van der Waals surface area contributed by atoms with Gasteiger partial charge in [-0.2, -0.15) is 10.5 Å². The summed E-state index contributed by atoms with van der Waals surface area (Å²) < 4.78 is 5.63. The number of pyridine rings is 1. The molecule has 0 aliphatic carbocycles. The third-order valence-corrected chi connectivity index (χ3v) is 2.64. The normalized spacial score (nSPS) is 9.47. The zero-order valence-electron chi connectivity index (χ0n) is 10.6. The maximum Gasteiger partial charge on any atom is 0.237 e. The molecule has 0 bridgehead atoms. The zero-order valence-corrected chi connectivity index (χ0v) is 10.6. The van der Waals surface area contributed by atoms with Crippen molar-refractivity contribution >= 4 is 0 Å². The number of para-hydroxylation sites is 1. The van der Waals surface area contributed by atoms with E-state index in [0.717, 1.165) is 11.3 Å². The summed E-state index contributed by atoms with van der Waals surface area (Å²) >= 11 is 0. The van der Waals surface area contributed by atoms with Crippen LogP contribution in [0.3, 0.4) is 0 Å². The second-order valence-electron chi connectivity index (χ2n) is 4.08. The van der Waals surface area contributed by atoms with Gasteiger partial charge in [0.25, 0.3) is 0 Å². The van der Waals surface area contributed by atoms with Crippen LogP contribution in [0.1, 0.15) is 22.4 Å². The molecule has 0 spiro atoms. The average molecular weight is 249 g/mol. The van der Waals surface area contributed by atoms with Crippen LogP contribution in [0.25, 0.3) is 0 Å². The van der Waals surface area contributed by atoms with Gasteiger partial charge in [0.1, 0.15) is 23.5 Å². The van der Waals surface area contributed by atoms with Gasteiger partial charge in [-0.05, 0) is 37.6 Å².